The number of nitrogens with one attached hydrogen (secondary N) is 3. The SMILES string of the molecule is COc1ccc(OC)c(CNC(=O)C2CNNC2c2cccc(Br)c2)c1. The quantitative estimate of drug-likeness (QED) is 0.670. The zero-order chi connectivity index (χ0) is 18.5. The number of hydrogen-bond acceptors (Lipinski definition) is 5. The second kappa shape index (κ2) is 8.53. The molecule has 3 N–H and O–H groups in total. The van der Waals surface area contributed by atoms with Crippen LogP contribution in [-0.2, 0) is 11.3 Å². The van der Waals surface area contributed by atoms with E-state index in [4.69, 9.17) is 9.47 Å². The maximum Gasteiger partial charge on any atom is 0.226 e. The highest BCUT2D eigenvalue weighted by molar-refractivity contribution is 9.10. The first kappa shape index (κ1) is 18.7. The molecule has 6 nitrogen and oxygen atoms in total. The lowest BCUT2D eigenvalue weighted by molar-refractivity contribution is -0.125. The van der Waals surface area contributed by atoms with Crippen LogP contribution in [0.2, 0.25) is 0 Å². The van der Waals surface area contributed by atoms with Crippen molar-refractivity contribution in [2.24, 2.45) is 5.92 Å². The summed E-state index contributed by atoms with van der Waals surface area (Å²) in [6.07, 6.45) is 0. The van der Waals surface area contributed by atoms with Gasteiger partial charge in [-0.2, -0.15) is 0 Å². The monoisotopic (exact) mass is 419 g/mol. The van der Waals surface area contributed by atoms with E-state index in [1.54, 1.807) is 14.2 Å². The number of hydrazine groups is 1. The lowest BCUT2D eigenvalue weighted by atomic mass is 9.94. The molecule has 1 aliphatic heterocycles. The summed E-state index contributed by atoms with van der Waals surface area (Å²) >= 11 is 3.48. The van der Waals surface area contributed by atoms with Crippen LogP contribution in [0.4, 0.5) is 0 Å². The van der Waals surface area contributed by atoms with Gasteiger partial charge in [0.05, 0.1) is 26.2 Å². The maximum atomic E-state index is 12.8. The number of ether oxygens (including phenoxy) is 2. The van der Waals surface area contributed by atoms with Gasteiger partial charge in [-0.05, 0) is 35.9 Å². The van der Waals surface area contributed by atoms with Crippen LogP contribution in [-0.4, -0.2) is 26.7 Å². The Morgan fingerprint density at radius 2 is 2.08 bits per heavy atom. The number of amides is 1. The molecule has 0 aliphatic carbocycles. The molecule has 1 saturated heterocycles. The van der Waals surface area contributed by atoms with E-state index < -0.39 is 0 Å². The molecule has 0 bridgehead atoms. The summed E-state index contributed by atoms with van der Waals surface area (Å²) in [5.74, 6) is 1.22. The molecule has 138 valence electrons. The molecule has 1 aliphatic rings. The lowest BCUT2D eigenvalue weighted by Gasteiger charge is -2.19. The van der Waals surface area contributed by atoms with Gasteiger partial charge in [-0.15, -0.1) is 0 Å². The summed E-state index contributed by atoms with van der Waals surface area (Å²) in [6.45, 7) is 0.944. The standard InChI is InChI=1S/C19H22BrN3O3/c1-25-15-6-7-17(26-2)13(9-15)10-21-19(24)16-11-22-23-18(16)12-4-3-5-14(20)8-12/h3-9,16,18,22-23H,10-11H2,1-2H3,(H,21,24). The number of halogens is 1. The van der Waals surface area contributed by atoms with Gasteiger partial charge < -0.3 is 14.8 Å². The number of benzene rings is 2. The molecule has 2 unspecified atom stereocenters. The van der Waals surface area contributed by atoms with Crippen LogP contribution >= 0.6 is 15.9 Å². The van der Waals surface area contributed by atoms with Crippen molar-refractivity contribution in [3.8, 4) is 11.5 Å². The molecular weight excluding hydrogens is 398 g/mol. The number of carbonyl (C=O) groups is 1. The van der Waals surface area contributed by atoms with Crippen LogP contribution in [0, 0.1) is 5.92 Å². The van der Waals surface area contributed by atoms with E-state index in [0.717, 1.165) is 27.1 Å². The Morgan fingerprint density at radius 1 is 1.23 bits per heavy atom. The van der Waals surface area contributed by atoms with Gasteiger partial charge in [-0.25, -0.2) is 5.43 Å². The first-order valence-corrected chi connectivity index (χ1v) is 9.14. The molecule has 26 heavy (non-hydrogen) atoms. The van der Waals surface area contributed by atoms with E-state index in [-0.39, 0.29) is 17.9 Å². The first-order chi connectivity index (χ1) is 12.6. The average molecular weight is 420 g/mol. The number of carbonyl (C=O) groups excluding carboxylic acids is 1. The third kappa shape index (κ3) is 4.17. The molecule has 7 heteroatoms. The Balaban J connectivity index is 1.70. The molecule has 0 radical (unpaired) electrons. The zero-order valence-electron chi connectivity index (χ0n) is 14.7. The molecule has 0 spiro atoms. The van der Waals surface area contributed by atoms with Crippen LogP contribution < -0.4 is 25.6 Å². The van der Waals surface area contributed by atoms with Crippen LogP contribution in [0.5, 0.6) is 11.5 Å². The fraction of sp³-hybridized carbons (Fsp3) is 0.316. The maximum absolute atomic E-state index is 12.8. The second-order valence-corrected chi connectivity index (χ2v) is 6.98. The summed E-state index contributed by atoms with van der Waals surface area (Å²) in [5, 5.41) is 3.02. The topological polar surface area (TPSA) is 71.6 Å². The fourth-order valence-electron chi connectivity index (χ4n) is 3.09. The molecule has 0 saturated carbocycles. The van der Waals surface area contributed by atoms with E-state index in [9.17, 15) is 4.79 Å². The Hall–Kier alpha value is -2.09. The third-order valence-electron chi connectivity index (χ3n) is 4.47. The van der Waals surface area contributed by atoms with Gasteiger partial charge in [0, 0.05) is 23.1 Å². The first-order valence-electron chi connectivity index (χ1n) is 8.35. The normalized spacial score (nSPS) is 19.2. The number of methoxy groups -OCH3 is 2. The Kier molecular flexibility index (Phi) is 6.13. The highest BCUT2D eigenvalue weighted by atomic mass is 79.9. The zero-order valence-corrected chi connectivity index (χ0v) is 16.3. The van der Waals surface area contributed by atoms with E-state index in [1.165, 1.54) is 0 Å². The van der Waals surface area contributed by atoms with Gasteiger partial charge in [0.2, 0.25) is 5.91 Å². The van der Waals surface area contributed by atoms with Gasteiger partial charge >= 0.3 is 0 Å². The van der Waals surface area contributed by atoms with Crippen molar-refractivity contribution in [3.05, 3.63) is 58.1 Å². The second-order valence-electron chi connectivity index (χ2n) is 6.06. The van der Waals surface area contributed by atoms with Crippen molar-refractivity contribution >= 4 is 21.8 Å². The van der Waals surface area contributed by atoms with E-state index in [0.29, 0.717) is 13.1 Å². The van der Waals surface area contributed by atoms with Crippen molar-refractivity contribution in [1.29, 1.82) is 0 Å². The van der Waals surface area contributed by atoms with E-state index in [1.807, 2.05) is 42.5 Å². The van der Waals surface area contributed by atoms with Gasteiger partial charge in [-0.1, -0.05) is 28.1 Å². The van der Waals surface area contributed by atoms with E-state index >= 15 is 0 Å². The summed E-state index contributed by atoms with van der Waals surface area (Å²) in [5.41, 5.74) is 8.22. The lowest BCUT2D eigenvalue weighted by Crippen LogP contribution is -2.34. The molecule has 1 amide bonds. The van der Waals surface area contributed by atoms with Gasteiger partial charge in [0.1, 0.15) is 11.5 Å². The largest absolute Gasteiger partial charge is 0.497 e. The molecule has 0 aromatic heterocycles. The summed E-state index contributed by atoms with van der Waals surface area (Å²) < 4.78 is 11.6. The fourth-order valence-corrected chi connectivity index (χ4v) is 3.51. The minimum Gasteiger partial charge on any atom is -0.497 e. The highest BCUT2D eigenvalue weighted by Gasteiger charge is 2.33. The van der Waals surface area contributed by atoms with Crippen LogP contribution in [0.3, 0.4) is 0 Å². The van der Waals surface area contributed by atoms with Crippen molar-refractivity contribution in [2.75, 3.05) is 20.8 Å². The molecular formula is C19H22BrN3O3. The van der Waals surface area contributed by atoms with Gasteiger partial charge in [0.25, 0.3) is 0 Å². The van der Waals surface area contributed by atoms with Crippen molar-refractivity contribution < 1.29 is 14.3 Å². The van der Waals surface area contributed by atoms with Crippen LogP contribution in [0.25, 0.3) is 0 Å². The molecule has 2 aromatic carbocycles. The minimum absolute atomic E-state index is 0.0163. The Morgan fingerprint density at radius 3 is 2.81 bits per heavy atom. The third-order valence-corrected chi connectivity index (χ3v) is 4.96. The van der Waals surface area contributed by atoms with Gasteiger partial charge in [-0.3, -0.25) is 10.2 Å². The number of hydrogen-bond donors (Lipinski definition) is 3. The molecule has 2 aromatic rings. The molecule has 1 heterocycles. The summed E-state index contributed by atoms with van der Waals surface area (Å²) in [7, 11) is 3.23. The average Bonchev–Trinajstić information content (AvgIpc) is 3.15. The summed E-state index contributed by atoms with van der Waals surface area (Å²) in [4.78, 5) is 12.8. The smallest absolute Gasteiger partial charge is 0.226 e. The van der Waals surface area contributed by atoms with Crippen molar-refractivity contribution in [3.63, 3.8) is 0 Å². The number of rotatable bonds is 6. The Labute approximate surface area is 161 Å². The van der Waals surface area contributed by atoms with Crippen molar-refractivity contribution in [2.45, 2.75) is 12.6 Å². The Bertz CT molecular complexity index is 784. The predicted molar refractivity (Wildman–Crippen MR) is 103 cm³/mol. The van der Waals surface area contributed by atoms with Crippen LogP contribution in [0.15, 0.2) is 46.9 Å². The van der Waals surface area contributed by atoms with Crippen LogP contribution in [0.1, 0.15) is 17.2 Å². The molecule has 1 fully saturated rings. The molecule has 2 atom stereocenters. The van der Waals surface area contributed by atoms with E-state index in [2.05, 4.69) is 32.1 Å². The molecule has 3 rings (SSSR count). The summed E-state index contributed by atoms with van der Waals surface area (Å²) in [6, 6.07) is 13.4. The van der Waals surface area contributed by atoms with Gasteiger partial charge in [0.15, 0.2) is 0 Å². The predicted octanol–water partition coefficient (Wildman–Crippen LogP) is 2.55. The van der Waals surface area contributed by atoms with Crippen molar-refractivity contribution in [1.82, 2.24) is 16.2 Å². The highest BCUT2D eigenvalue weighted by Crippen LogP contribution is 2.28. The minimum atomic E-state index is -0.207.